The second kappa shape index (κ2) is 13.0. The van der Waals surface area contributed by atoms with Crippen molar-refractivity contribution in [1.82, 2.24) is 40.3 Å². The molecule has 3 aromatic rings. The van der Waals surface area contributed by atoms with Crippen LogP contribution in [0, 0.1) is 23.1 Å². The molecule has 1 atom stereocenters. The minimum Gasteiger partial charge on any atom is -0.434 e. The van der Waals surface area contributed by atoms with E-state index in [1.54, 1.807) is 25.6 Å². The van der Waals surface area contributed by atoms with Gasteiger partial charge in [0.05, 0.1) is 5.69 Å². The van der Waals surface area contributed by atoms with Crippen molar-refractivity contribution in [2.45, 2.75) is 70.4 Å². The van der Waals surface area contributed by atoms with Crippen LogP contribution in [0.2, 0.25) is 0 Å². The lowest BCUT2D eigenvalue weighted by Gasteiger charge is -2.57. The van der Waals surface area contributed by atoms with Crippen LogP contribution in [0.25, 0.3) is 11.1 Å². The number of carbonyl (C=O) groups is 1. The molecule has 12 heteroatoms. The van der Waals surface area contributed by atoms with Crippen LogP contribution in [-0.4, -0.2) is 99.8 Å². The molecule has 7 rings (SSSR count). The normalized spacial score (nSPS) is 22.7. The van der Waals surface area contributed by atoms with E-state index in [2.05, 4.69) is 66.1 Å². The molecule has 47 heavy (non-hydrogen) atoms. The van der Waals surface area contributed by atoms with Crippen molar-refractivity contribution < 1.29 is 13.9 Å². The van der Waals surface area contributed by atoms with E-state index >= 15 is 0 Å². The maximum absolute atomic E-state index is 14.6. The molecule has 1 N–H and O–H groups in total. The van der Waals surface area contributed by atoms with E-state index in [0.717, 1.165) is 63.2 Å². The first-order chi connectivity index (χ1) is 22.7. The molecule has 1 amide bonds. The van der Waals surface area contributed by atoms with Crippen molar-refractivity contribution in [1.29, 1.82) is 0 Å². The van der Waals surface area contributed by atoms with Crippen LogP contribution in [0.4, 0.5) is 10.2 Å². The van der Waals surface area contributed by atoms with Crippen molar-refractivity contribution in [3.63, 3.8) is 0 Å². The zero-order chi connectivity index (χ0) is 32.7. The monoisotopic (exact) mass is 643 g/mol. The second-order valence-corrected chi connectivity index (χ2v) is 14.5. The molecule has 250 valence electrons. The number of amides is 1. The maximum Gasteiger partial charge on any atom is 0.282 e. The number of aromatic nitrogens is 5. The number of rotatable bonds is 12. The van der Waals surface area contributed by atoms with Crippen molar-refractivity contribution in [3.8, 4) is 22.8 Å². The average molecular weight is 644 g/mol. The summed E-state index contributed by atoms with van der Waals surface area (Å²) in [6.45, 7) is 9.42. The highest BCUT2D eigenvalue weighted by molar-refractivity contribution is 5.75. The van der Waals surface area contributed by atoms with Crippen LogP contribution >= 0.6 is 0 Å². The number of anilines is 1. The van der Waals surface area contributed by atoms with Gasteiger partial charge < -0.3 is 19.9 Å². The summed E-state index contributed by atoms with van der Waals surface area (Å²) < 4.78 is 21.0. The third-order valence-electron chi connectivity index (χ3n) is 10.9. The van der Waals surface area contributed by atoms with Crippen molar-refractivity contribution in [3.05, 3.63) is 48.6 Å². The van der Waals surface area contributed by atoms with Crippen molar-refractivity contribution in [2.75, 3.05) is 51.7 Å². The molecule has 2 saturated carbocycles. The van der Waals surface area contributed by atoms with E-state index in [1.807, 2.05) is 0 Å². The zero-order valence-corrected chi connectivity index (χ0v) is 27.9. The van der Waals surface area contributed by atoms with E-state index in [4.69, 9.17) is 4.74 Å². The van der Waals surface area contributed by atoms with Gasteiger partial charge in [0.1, 0.15) is 24.2 Å². The molecular formula is C35H46FN9O2. The Labute approximate surface area is 276 Å². The molecule has 4 aliphatic rings. The Balaban J connectivity index is 1.01. The highest BCUT2D eigenvalue weighted by Gasteiger charge is 2.53. The molecule has 0 radical (unpaired) electrons. The van der Waals surface area contributed by atoms with Crippen LogP contribution in [0.3, 0.4) is 0 Å². The Kier molecular flexibility index (Phi) is 8.82. The van der Waals surface area contributed by atoms with Crippen LogP contribution in [0.1, 0.15) is 64.0 Å². The molecule has 0 bridgehead atoms. The number of likely N-dealkylation sites (tertiary alicyclic amines) is 1. The molecule has 11 nitrogen and oxygen atoms in total. The number of halogens is 1. The molecule has 4 heterocycles. The van der Waals surface area contributed by atoms with Gasteiger partial charge in [-0.25, -0.2) is 19.3 Å². The number of benzene rings is 1. The summed E-state index contributed by atoms with van der Waals surface area (Å²) in [5.41, 5.74) is 2.52. The third-order valence-corrected chi connectivity index (χ3v) is 10.9. The molecule has 1 spiro atoms. The van der Waals surface area contributed by atoms with Gasteiger partial charge in [-0.15, -0.1) is 10.2 Å². The lowest BCUT2D eigenvalue weighted by atomic mass is 9.68. The fourth-order valence-electron chi connectivity index (χ4n) is 8.19. The molecule has 4 fully saturated rings. The standard InChI is InChI=1S/C35H46FN9O2/c1-22(2)32(24-13-26(14-24)43(4)11-9-30(46)37-3)45-18-35(19-45)10-12-44(17-35)33-34(42-41-21-40-33)47-29-8-7-25(36)15-27(29)28-16-38-20-39-31(28)23-5-6-23/h7-8,15-16,20-24,26,32H,5-6,9-14,17-19H2,1-4H3,(H,37,46)/t24?,26?,32-/m1/s1. The van der Waals surface area contributed by atoms with Crippen LogP contribution < -0.4 is 15.0 Å². The van der Waals surface area contributed by atoms with Gasteiger partial charge in [-0.2, -0.15) is 0 Å². The summed E-state index contributed by atoms with van der Waals surface area (Å²) in [6.07, 6.45) is 10.9. The summed E-state index contributed by atoms with van der Waals surface area (Å²) in [4.78, 5) is 32.5. The molecular weight excluding hydrogens is 597 g/mol. The molecule has 1 aromatic carbocycles. The first-order valence-electron chi connectivity index (χ1n) is 17.1. The second-order valence-electron chi connectivity index (χ2n) is 14.5. The maximum atomic E-state index is 14.6. The average Bonchev–Trinajstić information content (AvgIpc) is 3.79. The third kappa shape index (κ3) is 6.54. The first kappa shape index (κ1) is 31.8. The van der Waals surface area contributed by atoms with E-state index in [1.165, 1.54) is 31.3 Å². The molecule has 2 aliphatic carbocycles. The van der Waals surface area contributed by atoms with Crippen LogP contribution in [-0.2, 0) is 4.79 Å². The minimum absolute atomic E-state index is 0.102. The summed E-state index contributed by atoms with van der Waals surface area (Å²) in [5.74, 6) is 2.85. The van der Waals surface area contributed by atoms with Gasteiger partial charge in [-0.05, 0) is 69.2 Å². The number of ether oxygens (including phenoxy) is 1. The molecule has 2 saturated heterocycles. The Morgan fingerprint density at radius 2 is 1.96 bits per heavy atom. The summed E-state index contributed by atoms with van der Waals surface area (Å²) >= 11 is 0. The quantitative estimate of drug-likeness (QED) is 0.302. The number of nitrogens with one attached hydrogen (secondary N) is 1. The van der Waals surface area contributed by atoms with Gasteiger partial charge in [0.2, 0.25) is 5.91 Å². The summed E-state index contributed by atoms with van der Waals surface area (Å²) in [5, 5.41) is 11.1. The van der Waals surface area contributed by atoms with Crippen LogP contribution in [0.15, 0.2) is 37.1 Å². The van der Waals surface area contributed by atoms with E-state index < -0.39 is 0 Å². The number of hydrogen-bond donors (Lipinski definition) is 1. The fraction of sp³-hybridized carbons (Fsp3) is 0.600. The largest absolute Gasteiger partial charge is 0.434 e. The number of nitrogens with zero attached hydrogens (tertiary/aromatic N) is 8. The lowest BCUT2D eigenvalue weighted by molar-refractivity contribution is -0.121. The van der Waals surface area contributed by atoms with Crippen LogP contribution in [0.5, 0.6) is 11.6 Å². The summed E-state index contributed by atoms with van der Waals surface area (Å²) in [6, 6.07) is 5.64. The predicted octanol–water partition coefficient (Wildman–Crippen LogP) is 4.52. The summed E-state index contributed by atoms with van der Waals surface area (Å²) in [7, 11) is 3.85. The molecule has 2 aliphatic heterocycles. The molecule has 2 aromatic heterocycles. The van der Waals surface area contributed by atoms with E-state index in [9.17, 15) is 9.18 Å². The highest BCUT2D eigenvalue weighted by atomic mass is 19.1. The van der Waals surface area contributed by atoms with Gasteiger partial charge in [0.15, 0.2) is 5.82 Å². The predicted molar refractivity (Wildman–Crippen MR) is 177 cm³/mol. The van der Waals surface area contributed by atoms with Gasteiger partial charge in [0, 0.05) is 86.9 Å². The van der Waals surface area contributed by atoms with Crippen molar-refractivity contribution in [2.24, 2.45) is 17.3 Å². The first-order valence-corrected chi connectivity index (χ1v) is 17.1. The Morgan fingerprint density at radius 1 is 1.15 bits per heavy atom. The van der Waals surface area contributed by atoms with Gasteiger partial charge >= 0.3 is 0 Å². The fourth-order valence-corrected chi connectivity index (χ4v) is 8.19. The Bertz CT molecular complexity index is 1590. The molecule has 0 unspecified atom stereocenters. The SMILES string of the molecule is CNC(=O)CCN(C)C1CC([C@@H](C(C)C)N2CC3(CCN(c4ncnnc4Oc4ccc(F)cc4-c4cncnc4C4CC4)C3)C2)C1. The zero-order valence-electron chi connectivity index (χ0n) is 27.9. The van der Waals surface area contributed by atoms with Gasteiger partial charge in [0.25, 0.3) is 5.88 Å². The van der Waals surface area contributed by atoms with Gasteiger partial charge in [-0.3, -0.25) is 9.69 Å². The van der Waals surface area contributed by atoms with Crippen molar-refractivity contribution >= 4 is 11.7 Å². The van der Waals surface area contributed by atoms with Gasteiger partial charge in [-0.1, -0.05) is 13.8 Å². The smallest absolute Gasteiger partial charge is 0.282 e. The lowest BCUT2D eigenvalue weighted by Crippen LogP contribution is -2.65. The Morgan fingerprint density at radius 3 is 2.70 bits per heavy atom. The Hall–Kier alpha value is -3.77. The minimum atomic E-state index is -0.350. The topological polar surface area (TPSA) is 113 Å². The highest BCUT2D eigenvalue weighted by Crippen LogP contribution is 2.49. The van der Waals surface area contributed by atoms with E-state index in [0.29, 0.717) is 59.3 Å². The number of carbonyl (C=O) groups excluding carboxylic acids is 1. The number of hydrogen-bond acceptors (Lipinski definition) is 10. The van der Waals surface area contributed by atoms with E-state index in [-0.39, 0.29) is 17.1 Å².